The van der Waals surface area contributed by atoms with Gasteiger partial charge in [-0.1, -0.05) is 29.3 Å². The van der Waals surface area contributed by atoms with E-state index in [0.29, 0.717) is 5.92 Å². The highest BCUT2D eigenvalue weighted by Gasteiger charge is 2.08. The Morgan fingerprint density at radius 2 is 2.20 bits per heavy atom. The summed E-state index contributed by atoms with van der Waals surface area (Å²) in [6, 6.07) is 1.86. The minimum atomic E-state index is 0.109. The highest BCUT2D eigenvalue weighted by molar-refractivity contribution is 9.10. The maximum Gasteiger partial charge on any atom is 0.253 e. The van der Waals surface area contributed by atoms with Crippen LogP contribution in [0.25, 0.3) is 0 Å². The van der Waals surface area contributed by atoms with Crippen molar-refractivity contribution in [3.05, 3.63) is 32.7 Å². The summed E-state index contributed by atoms with van der Waals surface area (Å²) < 4.78 is 2.75. The molecule has 0 fully saturated rings. The molecule has 1 atom stereocenters. The van der Waals surface area contributed by atoms with Crippen LogP contribution < -0.4 is 5.56 Å². The molecule has 1 heterocycles. The van der Waals surface area contributed by atoms with E-state index < -0.39 is 0 Å². The van der Waals surface area contributed by atoms with Gasteiger partial charge in [0.15, 0.2) is 0 Å². The summed E-state index contributed by atoms with van der Waals surface area (Å²) >= 11 is 6.88. The first-order chi connectivity index (χ1) is 7.08. The molecule has 0 amide bonds. The Kier molecular flexibility index (Phi) is 5.06. The summed E-state index contributed by atoms with van der Waals surface area (Å²) in [6.07, 6.45) is 2.93. The highest BCUT2D eigenvalue weighted by atomic mass is 79.9. The Morgan fingerprint density at radius 3 is 2.73 bits per heavy atom. The van der Waals surface area contributed by atoms with E-state index in [2.05, 4.69) is 38.8 Å². The van der Waals surface area contributed by atoms with Gasteiger partial charge in [-0.3, -0.25) is 4.79 Å². The van der Waals surface area contributed by atoms with Crippen LogP contribution in [0.15, 0.2) is 21.5 Å². The van der Waals surface area contributed by atoms with Crippen molar-refractivity contribution in [1.29, 1.82) is 0 Å². The van der Waals surface area contributed by atoms with Crippen molar-refractivity contribution < 1.29 is 0 Å². The number of pyridine rings is 1. The number of halogens is 2. The van der Waals surface area contributed by atoms with Crippen molar-refractivity contribution in [3.8, 4) is 0 Å². The van der Waals surface area contributed by atoms with Crippen LogP contribution in [0.5, 0.6) is 0 Å². The Labute approximate surface area is 107 Å². The number of nitrogens with zero attached hydrogens (tertiary/aromatic N) is 1. The first-order valence-corrected chi connectivity index (χ1v) is 6.92. The van der Waals surface area contributed by atoms with E-state index in [1.165, 1.54) is 0 Å². The monoisotopic (exact) mass is 335 g/mol. The summed E-state index contributed by atoms with van der Waals surface area (Å²) in [7, 11) is 0. The van der Waals surface area contributed by atoms with Gasteiger partial charge in [-0.2, -0.15) is 0 Å². The van der Waals surface area contributed by atoms with Crippen molar-refractivity contribution in [2.45, 2.75) is 26.8 Å². The summed E-state index contributed by atoms with van der Waals surface area (Å²) in [4.78, 5) is 11.8. The third kappa shape index (κ3) is 3.45. The second-order valence-corrected chi connectivity index (χ2v) is 5.29. The molecule has 15 heavy (non-hydrogen) atoms. The van der Waals surface area contributed by atoms with Gasteiger partial charge in [0, 0.05) is 28.1 Å². The molecule has 0 N–H and O–H groups in total. The van der Waals surface area contributed by atoms with Gasteiger partial charge in [0.25, 0.3) is 5.56 Å². The minimum absolute atomic E-state index is 0.109. The first kappa shape index (κ1) is 13.0. The lowest BCUT2D eigenvalue weighted by molar-refractivity contribution is 0.468. The van der Waals surface area contributed by atoms with Crippen LogP contribution >= 0.6 is 31.9 Å². The van der Waals surface area contributed by atoms with Crippen LogP contribution in [0.1, 0.15) is 18.9 Å². The molecule has 0 radical (unpaired) electrons. The number of aromatic nitrogens is 1. The molecule has 0 aliphatic carbocycles. The Balaban J connectivity index is 2.99. The molecule has 84 valence electrons. The third-order valence-electron chi connectivity index (χ3n) is 2.48. The van der Waals surface area contributed by atoms with Gasteiger partial charge in [-0.05, 0) is 34.8 Å². The van der Waals surface area contributed by atoms with Crippen LogP contribution in [0, 0.1) is 12.8 Å². The SMILES string of the molecule is CCC(CBr)Cn1cc(Br)cc(C)c1=O. The Morgan fingerprint density at radius 1 is 1.53 bits per heavy atom. The topological polar surface area (TPSA) is 22.0 Å². The van der Waals surface area contributed by atoms with Crippen LogP contribution in [0.3, 0.4) is 0 Å². The number of hydrogen-bond donors (Lipinski definition) is 0. The summed E-state index contributed by atoms with van der Waals surface area (Å²) in [5.74, 6) is 0.511. The highest BCUT2D eigenvalue weighted by Crippen LogP contribution is 2.12. The van der Waals surface area contributed by atoms with E-state index in [4.69, 9.17) is 0 Å². The second kappa shape index (κ2) is 5.85. The van der Waals surface area contributed by atoms with E-state index in [1.54, 1.807) is 4.57 Å². The molecule has 4 heteroatoms. The van der Waals surface area contributed by atoms with E-state index in [9.17, 15) is 4.79 Å². The molecule has 0 bridgehead atoms. The van der Waals surface area contributed by atoms with Gasteiger partial charge in [0.05, 0.1) is 0 Å². The number of alkyl halides is 1. The molecule has 0 spiro atoms. The molecule has 0 aliphatic rings. The van der Waals surface area contributed by atoms with E-state index in [-0.39, 0.29) is 5.56 Å². The van der Waals surface area contributed by atoms with Crippen LogP contribution in [0.4, 0.5) is 0 Å². The normalized spacial score (nSPS) is 12.8. The lowest BCUT2D eigenvalue weighted by atomic mass is 10.1. The fraction of sp³-hybridized carbons (Fsp3) is 0.545. The molecular formula is C11H15Br2NO. The van der Waals surface area contributed by atoms with Crippen molar-refractivity contribution in [3.63, 3.8) is 0 Å². The van der Waals surface area contributed by atoms with Gasteiger partial charge in [-0.15, -0.1) is 0 Å². The number of hydrogen-bond acceptors (Lipinski definition) is 1. The fourth-order valence-corrected chi connectivity index (χ4v) is 2.69. The molecule has 1 aromatic rings. The van der Waals surface area contributed by atoms with Crippen LogP contribution in [-0.4, -0.2) is 9.90 Å². The third-order valence-corrected chi connectivity index (χ3v) is 3.83. The van der Waals surface area contributed by atoms with Crippen LogP contribution in [0.2, 0.25) is 0 Å². The van der Waals surface area contributed by atoms with Crippen LogP contribution in [-0.2, 0) is 6.54 Å². The average molecular weight is 337 g/mol. The summed E-state index contributed by atoms with van der Waals surface area (Å²) in [6.45, 7) is 4.77. The zero-order valence-electron chi connectivity index (χ0n) is 8.96. The quantitative estimate of drug-likeness (QED) is 0.773. The number of aryl methyl sites for hydroxylation is 1. The first-order valence-electron chi connectivity index (χ1n) is 5.01. The molecular weight excluding hydrogens is 322 g/mol. The van der Waals surface area contributed by atoms with Crippen molar-refractivity contribution in [1.82, 2.24) is 4.57 Å². The van der Waals surface area contributed by atoms with Gasteiger partial charge in [0.1, 0.15) is 0 Å². The van der Waals surface area contributed by atoms with Gasteiger partial charge in [-0.25, -0.2) is 0 Å². The lowest BCUT2D eigenvalue weighted by Crippen LogP contribution is -2.25. The van der Waals surface area contributed by atoms with Crippen molar-refractivity contribution >= 4 is 31.9 Å². The lowest BCUT2D eigenvalue weighted by Gasteiger charge is -2.14. The number of rotatable bonds is 4. The molecule has 1 rings (SSSR count). The Bertz CT molecular complexity index is 383. The summed E-state index contributed by atoms with van der Waals surface area (Å²) in [5.41, 5.74) is 0.895. The predicted molar refractivity (Wildman–Crippen MR) is 70.7 cm³/mol. The standard InChI is InChI=1S/C11H15Br2NO/c1-3-9(5-12)6-14-7-10(13)4-8(2)11(14)15/h4,7,9H,3,5-6H2,1-2H3. The molecule has 2 nitrogen and oxygen atoms in total. The predicted octanol–water partition coefficient (Wildman–Crippen LogP) is 3.34. The maximum absolute atomic E-state index is 11.8. The van der Waals surface area contributed by atoms with E-state index in [1.807, 2.05) is 19.2 Å². The molecule has 0 aliphatic heterocycles. The van der Waals surface area contributed by atoms with Gasteiger partial charge >= 0.3 is 0 Å². The summed E-state index contributed by atoms with van der Waals surface area (Å²) in [5, 5.41) is 0.932. The second-order valence-electron chi connectivity index (χ2n) is 3.73. The smallest absolute Gasteiger partial charge is 0.253 e. The molecule has 0 saturated carbocycles. The Hall–Kier alpha value is -0.0900. The largest absolute Gasteiger partial charge is 0.314 e. The zero-order chi connectivity index (χ0) is 11.4. The average Bonchev–Trinajstić information content (AvgIpc) is 2.21. The molecule has 1 aromatic heterocycles. The molecule has 0 saturated heterocycles. The van der Waals surface area contributed by atoms with Crippen molar-refractivity contribution in [2.75, 3.05) is 5.33 Å². The van der Waals surface area contributed by atoms with Gasteiger partial charge < -0.3 is 4.57 Å². The van der Waals surface area contributed by atoms with E-state index >= 15 is 0 Å². The molecule has 0 aromatic carbocycles. The maximum atomic E-state index is 11.8. The van der Waals surface area contributed by atoms with Crippen molar-refractivity contribution in [2.24, 2.45) is 5.92 Å². The van der Waals surface area contributed by atoms with E-state index in [0.717, 1.165) is 28.3 Å². The molecule has 1 unspecified atom stereocenters. The zero-order valence-corrected chi connectivity index (χ0v) is 12.1. The fourth-order valence-electron chi connectivity index (χ4n) is 1.44. The van der Waals surface area contributed by atoms with Gasteiger partial charge in [0.2, 0.25) is 0 Å². The minimum Gasteiger partial charge on any atom is -0.314 e.